The van der Waals surface area contributed by atoms with E-state index in [0.717, 1.165) is 35.7 Å². The van der Waals surface area contributed by atoms with Crippen LogP contribution in [0.2, 0.25) is 5.02 Å². The van der Waals surface area contributed by atoms with Crippen LogP contribution in [0.3, 0.4) is 0 Å². The molecule has 1 heterocycles. The standard InChI is InChI=1S/C12H14ClNO/c1-9-10(13)5-4-6-11(9)14-8-3-2-7-12(14)15/h4-6H,2-3,7-8H2,1H3. The van der Waals surface area contributed by atoms with Crippen molar-refractivity contribution in [3.05, 3.63) is 28.8 Å². The summed E-state index contributed by atoms with van der Waals surface area (Å²) >= 11 is 6.04. The van der Waals surface area contributed by atoms with E-state index in [9.17, 15) is 4.79 Å². The summed E-state index contributed by atoms with van der Waals surface area (Å²) in [6, 6.07) is 5.71. The summed E-state index contributed by atoms with van der Waals surface area (Å²) in [7, 11) is 0. The van der Waals surface area contributed by atoms with Gasteiger partial charge in [0.2, 0.25) is 5.91 Å². The SMILES string of the molecule is Cc1c(Cl)cccc1N1CCCCC1=O. The maximum absolute atomic E-state index is 11.7. The van der Waals surface area contributed by atoms with Gasteiger partial charge < -0.3 is 4.90 Å². The van der Waals surface area contributed by atoms with Gasteiger partial charge in [-0.2, -0.15) is 0 Å². The van der Waals surface area contributed by atoms with Crippen LogP contribution in [0.25, 0.3) is 0 Å². The maximum atomic E-state index is 11.7. The molecule has 0 aromatic heterocycles. The van der Waals surface area contributed by atoms with Crippen molar-refractivity contribution in [2.45, 2.75) is 26.2 Å². The summed E-state index contributed by atoms with van der Waals surface area (Å²) in [5, 5.41) is 0.728. The highest BCUT2D eigenvalue weighted by atomic mass is 35.5. The number of rotatable bonds is 1. The van der Waals surface area contributed by atoms with Gasteiger partial charge in [-0.3, -0.25) is 4.79 Å². The number of halogens is 1. The lowest BCUT2D eigenvalue weighted by Gasteiger charge is -2.28. The molecule has 1 amide bonds. The third-order valence-corrected chi connectivity index (χ3v) is 3.26. The molecule has 1 saturated heterocycles. The molecule has 2 rings (SSSR count). The van der Waals surface area contributed by atoms with Crippen molar-refractivity contribution in [3.63, 3.8) is 0 Å². The molecule has 3 heteroatoms. The van der Waals surface area contributed by atoms with Crippen LogP contribution in [0.1, 0.15) is 24.8 Å². The van der Waals surface area contributed by atoms with Gasteiger partial charge in [-0.1, -0.05) is 17.7 Å². The molecule has 1 aromatic carbocycles. The first-order chi connectivity index (χ1) is 7.20. The van der Waals surface area contributed by atoms with Crippen LogP contribution in [-0.4, -0.2) is 12.5 Å². The molecule has 1 fully saturated rings. The third kappa shape index (κ3) is 2.00. The molecule has 1 aliphatic rings. The van der Waals surface area contributed by atoms with Crippen LogP contribution in [0.4, 0.5) is 5.69 Å². The van der Waals surface area contributed by atoms with Gasteiger partial charge >= 0.3 is 0 Å². The third-order valence-electron chi connectivity index (χ3n) is 2.85. The number of hydrogen-bond donors (Lipinski definition) is 0. The van der Waals surface area contributed by atoms with Crippen molar-refractivity contribution in [1.82, 2.24) is 0 Å². The normalized spacial score (nSPS) is 16.9. The average molecular weight is 224 g/mol. The van der Waals surface area contributed by atoms with Gasteiger partial charge in [0.15, 0.2) is 0 Å². The molecular formula is C12H14ClNO. The molecule has 2 nitrogen and oxygen atoms in total. The Morgan fingerprint density at radius 1 is 1.33 bits per heavy atom. The Kier molecular flexibility index (Phi) is 2.96. The fourth-order valence-corrected chi connectivity index (χ4v) is 2.12. The van der Waals surface area contributed by atoms with E-state index < -0.39 is 0 Å². The number of amides is 1. The molecule has 0 N–H and O–H groups in total. The van der Waals surface area contributed by atoms with Gasteiger partial charge in [-0.05, 0) is 37.5 Å². The second kappa shape index (κ2) is 4.23. The van der Waals surface area contributed by atoms with E-state index >= 15 is 0 Å². The summed E-state index contributed by atoms with van der Waals surface area (Å²) in [4.78, 5) is 13.6. The zero-order valence-electron chi connectivity index (χ0n) is 8.79. The predicted molar refractivity (Wildman–Crippen MR) is 62.4 cm³/mol. The first-order valence-electron chi connectivity index (χ1n) is 5.25. The van der Waals surface area contributed by atoms with Gasteiger partial charge in [0.05, 0.1) is 0 Å². The van der Waals surface area contributed by atoms with Gasteiger partial charge in [-0.25, -0.2) is 0 Å². The molecule has 1 aromatic rings. The van der Waals surface area contributed by atoms with Crippen molar-refractivity contribution in [2.24, 2.45) is 0 Å². The lowest BCUT2D eigenvalue weighted by atomic mass is 10.1. The summed E-state index contributed by atoms with van der Waals surface area (Å²) in [6.45, 7) is 2.78. The zero-order chi connectivity index (χ0) is 10.8. The Balaban J connectivity index is 2.35. The highest BCUT2D eigenvalue weighted by molar-refractivity contribution is 6.31. The van der Waals surface area contributed by atoms with Gasteiger partial charge in [0.1, 0.15) is 0 Å². The van der Waals surface area contributed by atoms with E-state index in [2.05, 4.69) is 0 Å². The van der Waals surface area contributed by atoms with E-state index in [1.165, 1.54) is 0 Å². The second-order valence-electron chi connectivity index (χ2n) is 3.89. The molecule has 0 saturated carbocycles. The maximum Gasteiger partial charge on any atom is 0.226 e. The molecule has 0 atom stereocenters. The van der Waals surface area contributed by atoms with E-state index in [1.807, 2.05) is 30.0 Å². The van der Waals surface area contributed by atoms with Crippen molar-refractivity contribution in [2.75, 3.05) is 11.4 Å². The van der Waals surface area contributed by atoms with Crippen LogP contribution < -0.4 is 4.90 Å². The minimum Gasteiger partial charge on any atom is -0.312 e. The molecule has 0 bridgehead atoms. The highest BCUT2D eigenvalue weighted by Gasteiger charge is 2.21. The van der Waals surface area contributed by atoms with Crippen LogP contribution >= 0.6 is 11.6 Å². The Morgan fingerprint density at radius 2 is 2.13 bits per heavy atom. The number of piperidine rings is 1. The minimum absolute atomic E-state index is 0.214. The molecule has 0 spiro atoms. The van der Waals surface area contributed by atoms with Gasteiger partial charge in [-0.15, -0.1) is 0 Å². The largest absolute Gasteiger partial charge is 0.312 e. The van der Waals surface area contributed by atoms with E-state index in [4.69, 9.17) is 11.6 Å². The molecule has 1 aliphatic heterocycles. The van der Waals surface area contributed by atoms with Gasteiger partial charge in [0.25, 0.3) is 0 Å². The van der Waals surface area contributed by atoms with Crippen LogP contribution in [-0.2, 0) is 4.79 Å². The zero-order valence-corrected chi connectivity index (χ0v) is 9.55. The molecule has 0 aliphatic carbocycles. The number of anilines is 1. The van der Waals surface area contributed by atoms with E-state index in [0.29, 0.717) is 6.42 Å². The van der Waals surface area contributed by atoms with Crippen LogP contribution in [0.5, 0.6) is 0 Å². The van der Waals surface area contributed by atoms with Crippen molar-refractivity contribution >= 4 is 23.2 Å². The van der Waals surface area contributed by atoms with Crippen LogP contribution in [0, 0.1) is 6.92 Å². The first kappa shape index (κ1) is 10.5. The summed E-state index contributed by atoms with van der Waals surface area (Å²) < 4.78 is 0. The molecule has 0 unspecified atom stereocenters. The monoisotopic (exact) mass is 223 g/mol. The number of nitrogens with zero attached hydrogens (tertiary/aromatic N) is 1. The molecule has 15 heavy (non-hydrogen) atoms. The van der Waals surface area contributed by atoms with E-state index in [-0.39, 0.29) is 5.91 Å². The number of carbonyl (C=O) groups is 1. The second-order valence-corrected chi connectivity index (χ2v) is 4.29. The first-order valence-corrected chi connectivity index (χ1v) is 5.63. The topological polar surface area (TPSA) is 20.3 Å². The van der Waals surface area contributed by atoms with Crippen molar-refractivity contribution in [3.8, 4) is 0 Å². The Hall–Kier alpha value is -1.02. The summed E-state index contributed by atoms with van der Waals surface area (Å²) in [5.41, 5.74) is 1.96. The quantitative estimate of drug-likeness (QED) is 0.716. The Morgan fingerprint density at radius 3 is 2.87 bits per heavy atom. The number of benzene rings is 1. The Labute approximate surface area is 94.8 Å². The molecule has 0 radical (unpaired) electrons. The number of hydrogen-bond acceptors (Lipinski definition) is 1. The minimum atomic E-state index is 0.214. The fourth-order valence-electron chi connectivity index (χ4n) is 1.95. The van der Waals surface area contributed by atoms with E-state index in [1.54, 1.807) is 0 Å². The van der Waals surface area contributed by atoms with Crippen molar-refractivity contribution in [1.29, 1.82) is 0 Å². The fraction of sp³-hybridized carbons (Fsp3) is 0.417. The lowest BCUT2D eigenvalue weighted by Crippen LogP contribution is -2.35. The Bertz CT molecular complexity index is 389. The molecular weight excluding hydrogens is 210 g/mol. The van der Waals surface area contributed by atoms with Crippen LogP contribution in [0.15, 0.2) is 18.2 Å². The smallest absolute Gasteiger partial charge is 0.226 e. The van der Waals surface area contributed by atoms with Crippen molar-refractivity contribution < 1.29 is 4.79 Å². The number of carbonyl (C=O) groups excluding carboxylic acids is 1. The predicted octanol–water partition coefficient (Wildman–Crippen LogP) is 3.17. The summed E-state index contributed by atoms with van der Waals surface area (Å²) in [5.74, 6) is 0.214. The molecule has 80 valence electrons. The summed E-state index contributed by atoms with van der Waals surface area (Å²) in [6.07, 6.45) is 2.75. The highest BCUT2D eigenvalue weighted by Crippen LogP contribution is 2.28. The van der Waals surface area contributed by atoms with Gasteiger partial charge in [0, 0.05) is 23.7 Å². The lowest BCUT2D eigenvalue weighted by molar-refractivity contribution is -0.119. The average Bonchev–Trinajstić information content (AvgIpc) is 2.23.